The lowest BCUT2D eigenvalue weighted by molar-refractivity contribution is 0.597. The summed E-state index contributed by atoms with van der Waals surface area (Å²) in [6, 6.07) is 11.4. The smallest absolute Gasteiger partial charge is 0.238 e. The highest BCUT2D eigenvalue weighted by atomic mass is 35.5. The first kappa shape index (κ1) is 16.1. The summed E-state index contributed by atoms with van der Waals surface area (Å²) < 4.78 is 22.8. The van der Waals surface area contributed by atoms with E-state index in [0.29, 0.717) is 15.7 Å². The standard InChI is InChI=1S/C14H14Cl2N2O2S/c1-9(18-14-12(15)6-3-7-13(14)16)10-4-2-5-11(8-10)21(17,19)20/h2-9,18H,1H3,(H2,17,19,20). The molecule has 0 aliphatic heterocycles. The minimum absolute atomic E-state index is 0.0684. The van der Waals surface area contributed by atoms with Crippen LogP contribution in [0.2, 0.25) is 10.0 Å². The summed E-state index contributed by atoms with van der Waals surface area (Å²) in [7, 11) is -3.73. The summed E-state index contributed by atoms with van der Waals surface area (Å²) in [4.78, 5) is 0.0684. The molecule has 1 unspecified atom stereocenters. The monoisotopic (exact) mass is 344 g/mol. The quantitative estimate of drug-likeness (QED) is 0.885. The maximum Gasteiger partial charge on any atom is 0.238 e. The number of rotatable bonds is 4. The van der Waals surface area contributed by atoms with Gasteiger partial charge in [-0.1, -0.05) is 41.4 Å². The van der Waals surface area contributed by atoms with Gasteiger partial charge in [-0.15, -0.1) is 0 Å². The van der Waals surface area contributed by atoms with Crippen molar-refractivity contribution < 1.29 is 8.42 Å². The van der Waals surface area contributed by atoms with E-state index in [1.54, 1.807) is 30.3 Å². The van der Waals surface area contributed by atoms with Crippen LogP contribution >= 0.6 is 23.2 Å². The number of nitrogens with two attached hydrogens (primary N) is 1. The van der Waals surface area contributed by atoms with Gasteiger partial charge in [-0.05, 0) is 36.8 Å². The Morgan fingerprint density at radius 2 is 1.67 bits per heavy atom. The molecule has 0 aromatic heterocycles. The first-order chi connectivity index (χ1) is 9.79. The zero-order valence-electron chi connectivity index (χ0n) is 11.2. The van der Waals surface area contributed by atoms with Crippen molar-refractivity contribution in [1.29, 1.82) is 0 Å². The van der Waals surface area contributed by atoms with E-state index in [-0.39, 0.29) is 10.9 Å². The second kappa shape index (κ2) is 6.23. The van der Waals surface area contributed by atoms with Crippen LogP contribution in [0.4, 0.5) is 5.69 Å². The molecule has 112 valence electrons. The molecule has 7 heteroatoms. The summed E-state index contributed by atoms with van der Waals surface area (Å²) in [5, 5.41) is 9.30. The summed E-state index contributed by atoms with van der Waals surface area (Å²) in [6.45, 7) is 1.88. The largest absolute Gasteiger partial charge is 0.376 e. The van der Waals surface area contributed by atoms with E-state index >= 15 is 0 Å². The Morgan fingerprint density at radius 1 is 1.10 bits per heavy atom. The molecule has 0 saturated heterocycles. The van der Waals surface area contributed by atoms with Crippen LogP contribution < -0.4 is 10.5 Å². The second-order valence-electron chi connectivity index (χ2n) is 4.58. The maximum absolute atomic E-state index is 11.4. The first-order valence-corrected chi connectivity index (χ1v) is 8.42. The Kier molecular flexibility index (Phi) is 4.78. The van der Waals surface area contributed by atoms with E-state index in [0.717, 1.165) is 5.56 Å². The molecule has 1 atom stereocenters. The topological polar surface area (TPSA) is 72.2 Å². The molecular formula is C14H14Cl2N2O2S. The van der Waals surface area contributed by atoms with E-state index in [9.17, 15) is 8.42 Å². The van der Waals surface area contributed by atoms with E-state index in [1.165, 1.54) is 12.1 Å². The Morgan fingerprint density at radius 3 is 2.24 bits per heavy atom. The number of hydrogen-bond donors (Lipinski definition) is 2. The molecule has 0 bridgehead atoms. The van der Waals surface area contributed by atoms with Gasteiger partial charge in [0.25, 0.3) is 0 Å². The van der Waals surface area contributed by atoms with Crippen molar-refractivity contribution in [3.8, 4) is 0 Å². The van der Waals surface area contributed by atoms with Crippen LogP contribution in [0.15, 0.2) is 47.4 Å². The minimum atomic E-state index is -3.73. The number of anilines is 1. The minimum Gasteiger partial charge on any atom is -0.376 e. The summed E-state index contributed by atoms with van der Waals surface area (Å²) in [5.41, 5.74) is 1.37. The van der Waals surface area contributed by atoms with Gasteiger partial charge in [0.2, 0.25) is 10.0 Å². The highest BCUT2D eigenvalue weighted by Crippen LogP contribution is 2.33. The Bertz CT molecular complexity index is 743. The average molecular weight is 345 g/mol. The van der Waals surface area contributed by atoms with Crippen molar-refractivity contribution >= 4 is 38.9 Å². The number of primary sulfonamides is 1. The molecule has 0 aliphatic carbocycles. The Labute approximate surface area is 133 Å². The third-order valence-corrected chi connectivity index (χ3v) is 4.55. The van der Waals surface area contributed by atoms with Gasteiger partial charge in [0, 0.05) is 6.04 Å². The van der Waals surface area contributed by atoms with Crippen molar-refractivity contribution in [2.45, 2.75) is 17.9 Å². The number of halogens is 2. The number of benzene rings is 2. The molecule has 0 heterocycles. The van der Waals surface area contributed by atoms with Gasteiger partial charge in [-0.2, -0.15) is 0 Å². The van der Waals surface area contributed by atoms with E-state index < -0.39 is 10.0 Å². The first-order valence-electron chi connectivity index (χ1n) is 6.12. The molecule has 2 rings (SSSR count). The van der Waals surface area contributed by atoms with Crippen molar-refractivity contribution in [2.75, 3.05) is 5.32 Å². The summed E-state index contributed by atoms with van der Waals surface area (Å²) in [5.74, 6) is 0. The van der Waals surface area contributed by atoms with Gasteiger partial charge in [-0.3, -0.25) is 0 Å². The average Bonchev–Trinajstić information content (AvgIpc) is 2.42. The third-order valence-electron chi connectivity index (χ3n) is 3.01. The normalized spacial score (nSPS) is 13.0. The van der Waals surface area contributed by atoms with Crippen LogP contribution in [-0.4, -0.2) is 8.42 Å². The molecule has 21 heavy (non-hydrogen) atoms. The van der Waals surface area contributed by atoms with E-state index in [2.05, 4.69) is 5.32 Å². The van der Waals surface area contributed by atoms with E-state index in [4.69, 9.17) is 28.3 Å². The molecule has 4 nitrogen and oxygen atoms in total. The molecule has 0 spiro atoms. The maximum atomic E-state index is 11.4. The molecule has 3 N–H and O–H groups in total. The highest BCUT2D eigenvalue weighted by Gasteiger charge is 2.13. The molecule has 0 fully saturated rings. The lowest BCUT2D eigenvalue weighted by atomic mass is 10.1. The van der Waals surface area contributed by atoms with Crippen LogP contribution in [0.1, 0.15) is 18.5 Å². The van der Waals surface area contributed by atoms with Crippen LogP contribution in [0.5, 0.6) is 0 Å². The lowest BCUT2D eigenvalue weighted by Crippen LogP contribution is -2.13. The van der Waals surface area contributed by atoms with Crippen LogP contribution in [0, 0.1) is 0 Å². The fraction of sp³-hybridized carbons (Fsp3) is 0.143. The number of nitrogens with one attached hydrogen (secondary N) is 1. The molecular weight excluding hydrogens is 331 g/mol. The van der Waals surface area contributed by atoms with Gasteiger partial charge in [0.1, 0.15) is 0 Å². The second-order valence-corrected chi connectivity index (χ2v) is 6.96. The van der Waals surface area contributed by atoms with Crippen molar-refractivity contribution in [1.82, 2.24) is 0 Å². The van der Waals surface area contributed by atoms with Crippen molar-refractivity contribution in [3.05, 3.63) is 58.1 Å². The molecule has 0 aliphatic rings. The third kappa shape index (κ3) is 3.89. The molecule has 2 aromatic rings. The van der Waals surface area contributed by atoms with Gasteiger partial charge >= 0.3 is 0 Å². The molecule has 0 amide bonds. The zero-order valence-corrected chi connectivity index (χ0v) is 13.5. The van der Waals surface area contributed by atoms with Gasteiger partial charge in [-0.25, -0.2) is 13.6 Å². The molecule has 0 saturated carbocycles. The Balaban J connectivity index is 2.31. The van der Waals surface area contributed by atoms with Gasteiger partial charge in [0.15, 0.2) is 0 Å². The predicted molar refractivity (Wildman–Crippen MR) is 86.3 cm³/mol. The lowest BCUT2D eigenvalue weighted by Gasteiger charge is -2.18. The van der Waals surface area contributed by atoms with Crippen LogP contribution in [0.25, 0.3) is 0 Å². The number of para-hydroxylation sites is 1. The molecule has 2 aromatic carbocycles. The van der Waals surface area contributed by atoms with Crippen molar-refractivity contribution in [3.63, 3.8) is 0 Å². The zero-order chi connectivity index (χ0) is 15.6. The van der Waals surface area contributed by atoms with Crippen LogP contribution in [-0.2, 0) is 10.0 Å². The van der Waals surface area contributed by atoms with Gasteiger partial charge < -0.3 is 5.32 Å². The van der Waals surface area contributed by atoms with E-state index in [1.807, 2.05) is 6.92 Å². The van der Waals surface area contributed by atoms with Crippen molar-refractivity contribution in [2.24, 2.45) is 5.14 Å². The molecule has 0 radical (unpaired) electrons. The number of sulfonamides is 1. The Hall–Kier alpha value is -1.27. The summed E-state index contributed by atoms with van der Waals surface area (Å²) in [6.07, 6.45) is 0. The van der Waals surface area contributed by atoms with Gasteiger partial charge in [0.05, 0.1) is 20.6 Å². The SMILES string of the molecule is CC(Nc1c(Cl)cccc1Cl)c1cccc(S(N)(=O)=O)c1. The summed E-state index contributed by atoms with van der Waals surface area (Å²) >= 11 is 12.2. The van der Waals surface area contributed by atoms with Crippen LogP contribution in [0.3, 0.4) is 0 Å². The number of hydrogen-bond acceptors (Lipinski definition) is 3. The predicted octanol–water partition coefficient (Wildman–Crippen LogP) is 3.81. The fourth-order valence-corrected chi connectivity index (χ4v) is 2.97. The highest BCUT2D eigenvalue weighted by molar-refractivity contribution is 7.89. The fourth-order valence-electron chi connectivity index (χ4n) is 1.90.